The molecule has 102 heavy (non-hydrogen) atoms. The van der Waals surface area contributed by atoms with Gasteiger partial charge in [0.25, 0.3) is 0 Å². The molecule has 0 amide bonds. The summed E-state index contributed by atoms with van der Waals surface area (Å²) >= 11 is 0. The third-order valence-electron chi connectivity index (χ3n) is 22.2. The molecule has 0 fully saturated rings. The van der Waals surface area contributed by atoms with Gasteiger partial charge in [0.2, 0.25) is 0 Å². The fraction of sp³-hybridized carbons (Fsp3) is 0.978. The van der Waals surface area contributed by atoms with Gasteiger partial charge >= 0.3 is 19.8 Å². The number of unbranched alkanes of at least 4 members (excludes halogenated alkanes) is 79. The van der Waals surface area contributed by atoms with Crippen LogP contribution in [0.4, 0.5) is 0 Å². The van der Waals surface area contributed by atoms with E-state index in [-0.39, 0.29) is 32.1 Å². The Bertz CT molecular complexity index is 1630. The molecule has 0 rings (SSSR count). The standard InChI is InChI=1S/C92H184NO8P/c1-3-5-7-9-11-13-15-17-19-21-23-25-27-29-31-33-35-37-39-41-43-45-47-49-51-53-55-57-59-61-63-65-67-69-71-73-75-77-79-81-83-85-92(95)101-90(89-100-102(96,97)99-87-86-93)88-98-91(94)84-82-80-78-76-74-72-70-68-66-64-62-60-58-56-54-52-50-48-46-44-42-40-38-36-34-32-30-28-26-24-22-20-18-16-14-12-10-8-6-4-2/h90H,3-89,93H2,1-2H3,(H,96,97). The molecule has 0 aromatic heterocycles. The van der Waals surface area contributed by atoms with Gasteiger partial charge in [-0.2, -0.15) is 0 Å². The van der Waals surface area contributed by atoms with E-state index in [1.54, 1.807) is 0 Å². The van der Waals surface area contributed by atoms with Crippen LogP contribution >= 0.6 is 7.82 Å². The third-order valence-corrected chi connectivity index (χ3v) is 23.2. The van der Waals surface area contributed by atoms with Crippen molar-refractivity contribution < 1.29 is 37.6 Å². The smallest absolute Gasteiger partial charge is 0.462 e. The molecule has 3 N–H and O–H groups in total. The van der Waals surface area contributed by atoms with Gasteiger partial charge in [-0.1, -0.05) is 521 Å². The molecule has 610 valence electrons. The normalized spacial score (nSPS) is 12.6. The van der Waals surface area contributed by atoms with Gasteiger partial charge in [-0.3, -0.25) is 18.6 Å². The predicted molar refractivity (Wildman–Crippen MR) is 446 cm³/mol. The van der Waals surface area contributed by atoms with Gasteiger partial charge in [-0.25, -0.2) is 4.57 Å². The Labute approximate surface area is 638 Å². The van der Waals surface area contributed by atoms with Gasteiger partial charge in [0.1, 0.15) is 6.61 Å². The lowest BCUT2D eigenvalue weighted by Crippen LogP contribution is -2.29. The maximum atomic E-state index is 12.8. The second-order valence-corrected chi connectivity index (χ2v) is 34.1. The van der Waals surface area contributed by atoms with Crippen LogP contribution in [0.15, 0.2) is 0 Å². The molecule has 0 aliphatic rings. The minimum Gasteiger partial charge on any atom is -0.462 e. The summed E-state index contributed by atoms with van der Waals surface area (Å²) in [4.78, 5) is 35.6. The van der Waals surface area contributed by atoms with Crippen LogP contribution in [0.2, 0.25) is 0 Å². The van der Waals surface area contributed by atoms with Crippen molar-refractivity contribution in [1.82, 2.24) is 0 Å². The van der Waals surface area contributed by atoms with E-state index in [4.69, 9.17) is 24.3 Å². The molecule has 0 aliphatic heterocycles. The van der Waals surface area contributed by atoms with Crippen molar-refractivity contribution in [3.05, 3.63) is 0 Å². The molecule has 0 heterocycles. The van der Waals surface area contributed by atoms with Gasteiger partial charge in [0, 0.05) is 19.4 Å². The Hall–Kier alpha value is -0.990. The summed E-state index contributed by atoms with van der Waals surface area (Å²) in [5.74, 6) is -0.791. The van der Waals surface area contributed by atoms with Gasteiger partial charge < -0.3 is 20.1 Å². The van der Waals surface area contributed by atoms with E-state index in [2.05, 4.69) is 13.8 Å². The van der Waals surface area contributed by atoms with Gasteiger partial charge in [-0.15, -0.1) is 0 Å². The molecule has 0 aromatic carbocycles. The summed E-state index contributed by atoms with van der Waals surface area (Å²) in [6.07, 6.45) is 112. The van der Waals surface area contributed by atoms with Crippen molar-refractivity contribution in [3.63, 3.8) is 0 Å². The van der Waals surface area contributed by atoms with Crippen molar-refractivity contribution in [2.45, 2.75) is 553 Å². The van der Waals surface area contributed by atoms with Crippen LogP contribution in [0.25, 0.3) is 0 Å². The molecule has 0 aliphatic carbocycles. The summed E-state index contributed by atoms with van der Waals surface area (Å²) < 4.78 is 33.4. The topological polar surface area (TPSA) is 134 Å². The van der Waals surface area contributed by atoms with E-state index in [0.717, 1.165) is 32.1 Å². The fourth-order valence-electron chi connectivity index (χ4n) is 15.3. The molecule has 0 saturated carbocycles. The minimum absolute atomic E-state index is 0.0591. The Morgan fingerprint density at radius 1 is 0.255 bits per heavy atom. The molecular weight excluding hydrogens is 1280 g/mol. The average Bonchev–Trinajstić information content (AvgIpc) is 0.948. The second kappa shape index (κ2) is 88.9. The number of esters is 2. The number of rotatable bonds is 92. The van der Waals surface area contributed by atoms with Gasteiger partial charge in [-0.05, 0) is 12.8 Å². The highest BCUT2D eigenvalue weighted by molar-refractivity contribution is 7.47. The zero-order chi connectivity index (χ0) is 73.6. The van der Waals surface area contributed by atoms with Crippen LogP contribution in [-0.4, -0.2) is 49.3 Å². The lowest BCUT2D eigenvalue weighted by molar-refractivity contribution is -0.161. The van der Waals surface area contributed by atoms with Crippen molar-refractivity contribution in [3.8, 4) is 0 Å². The summed E-state index contributed by atoms with van der Waals surface area (Å²) in [6.45, 7) is 3.87. The fourth-order valence-corrected chi connectivity index (χ4v) is 16.1. The SMILES string of the molecule is CCCCCCCCCCCCCCCCCCCCCCCCCCCCCCCCCCCCCCCCCCCC(=O)OC(COC(=O)CCCCCCCCCCCCCCCCCCCCCCCCCCCCCCCCCCCCCCCCCC)COP(=O)(O)OCCN. The van der Waals surface area contributed by atoms with E-state index in [0.29, 0.717) is 12.8 Å². The molecule has 9 nitrogen and oxygen atoms in total. The molecule has 2 atom stereocenters. The summed E-state index contributed by atoms with van der Waals surface area (Å²) in [7, 11) is -4.39. The van der Waals surface area contributed by atoms with Crippen LogP contribution < -0.4 is 5.73 Å². The monoisotopic (exact) mass is 1460 g/mol. The zero-order valence-corrected chi connectivity index (χ0v) is 70.3. The number of phosphoric ester groups is 1. The Morgan fingerprint density at radius 3 is 0.598 bits per heavy atom. The first-order valence-corrected chi connectivity index (χ1v) is 48.5. The van der Waals surface area contributed by atoms with Crippen molar-refractivity contribution >= 4 is 19.8 Å². The molecule has 0 saturated heterocycles. The maximum Gasteiger partial charge on any atom is 0.472 e. The number of carbonyl (C=O) groups excluding carboxylic acids is 2. The van der Waals surface area contributed by atoms with Crippen LogP contribution in [0.5, 0.6) is 0 Å². The summed E-state index contributed by atoms with van der Waals surface area (Å²) in [5, 5.41) is 0. The number of nitrogens with two attached hydrogens (primary N) is 1. The van der Waals surface area contributed by atoms with Crippen LogP contribution in [-0.2, 0) is 32.7 Å². The molecular formula is C92H184NO8P. The highest BCUT2D eigenvalue weighted by Gasteiger charge is 2.26. The molecule has 0 aromatic rings. The highest BCUT2D eigenvalue weighted by atomic mass is 31.2. The van der Waals surface area contributed by atoms with Crippen LogP contribution in [0.1, 0.15) is 547 Å². The van der Waals surface area contributed by atoms with Gasteiger partial charge in [0.15, 0.2) is 6.10 Å². The predicted octanol–water partition coefficient (Wildman–Crippen LogP) is 32.0. The lowest BCUT2D eigenvalue weighted by atomic mass is 10.0. The number of hydrogen-bond acceptors (Lipinski definition) is 8. The molecule has 0 bridgehead atoms. The molecule has 2 unspecified atom stereocenters. The Morgan fingerprint density at radius 2 is 0.422 bits per heavy atom. The Kier molecular flexibility index (Phi) is 88.0. The van der Waals surface area contributed by atoms with E-state index < -0.39 is 26.5 Å². The van der Waals surface area contributed by atoms with Gasteiger partial charge in [0.05, 0.1) is 13.2 Å². The highest BCUT2D eigenvalue weighted by Crippen LogP contribution is 2.43. The van der Waals surface area contributed by atoms with E-state index >= 15 is 0 Å². The van der Waals surface area contributed by atoms with Crippen LogP contribution in [0.3, 0.4) is 0 Å². The third kappa shape index (κ3) is 87.9. The van der Waals surface area contributed by atoms with Crippen LogP contribution in [0, 0.1) is 0 Å². The number of ether oxygens (including phenoxy) is 2. The van der Waals surface area contributed by atoms with E-state index in [9.17, 15) is 19.0 Å². The molecule has 0 radical (unpaired) electrons. The largest absolute Gasteiger partial charge is 0.472 e. The van der Waals surface area contributed by atoms with Crippen molar-refractivity contribution in [2.75, 3.05) is 26.4 Å². The Balaban J connectivity index is 3.65. The first-order valence-electron chi connectivity index (χ1n) is 47.0. The molecule has 0 spiro atoms. The van der Waals surface area contributed by atoms with Crippen molar-refractivity contribution in [2.24, 2.45) is 5.73 Å². The lowest BCUT2D eigenvalue weighted by Gasteiger charge is -2.19. The van der Waals surface area contributed by atoms with E-state index in [1.165, 1.54) is 482 Å². The minimum atomic E-state index is -4.39. The number of phosphoric acid groups is 1. The van der Waals surface area contributed by atoms with Crippen molar-refractivity contribution in [1.29, 1.82) is 0 Å². The first kappa shape index (κ1) is 101. The number of hydrogen-bond donors (Lipinski definition) is 2. The quantitative estimate of drug-likeness (QED) is 0.0347. The first-order chi connectivity index (χ1) is 50.3. The average molecular weight is 1460 g/mol. The molecule has 10 heteroatoms. The maximum absolute atomic E-state index is 12.8. The summed E-state index contributed by atoms with van der Waals surface area (Å²) in [5.41, 5.74) is 5.43. The zero-order valence-electron chi connectivity index (χ0n) is 69.4. The number of carbonyl (C=O) groups is 2. The second-order valence-electron chi connectivity index (χ2n) is 32.6. The summed E-state index contributed by atoms with van der Waals surface area (Å²) in [6, 6.07) is 0. The van der Waals surface area contributed by atoms with E-state index in [1.807, 2.05) is 0 Å².